The highest BCUT2D eigenvalue weighted by Crippen LogP contribution is 2.31. The number of nitrogens with zero attached hydrogens (tertiary/aromatic N) is 2. The molecule has 0 amide bonds. The Labute approximate surface area is 144 Å². The molecule has 0 bridgehead atoms. The average molecular weight is 335 g/mol. The van der Waals surface area contributed by atoms with Gasteiger partial charge in [-0.25, -0.2) is 4.79 Å². The van der Waals surface area contributed by atoms with Crippen molar-refractivity contribution in [2.24, 2.45) is 5.92 Å². The van der Waals surface area contributed by atoms with Gasteiger partial charge < -0.3 is 15.0 Å². The second-order valence-corrected chi connectivity index (χ2v) is 6.17. The van der Waals surface area contributed by atoms with Crippen molar-refractivity contribution in [1.29, 1.82) is 5.26 Å². The number of carbonyl (C=O) groups is 1. The van der Waals surface area contributed by atoms with Crippen molar-refractivity contribution in [3.05, 3.63) is 39.7 Å². The van der Waals surface area contributed by atoms with Crippen LogP contribution in [-0.4, -0.2) is 29.1 Å². The predicted octanol–water partition coefficient (Wildman–Crippen LogP) is 2.01. The van der Waals surface area contributed by atoms with Crippen LogP contribution in [0.1, 0.15) is 24.0 Å². The lowest BCUT2D eigenvalue weighted by molar-refractivity contribution is -0.130. The number of fused-ring (bicyclic) bond motifs is 1. The normalized spacial score (nSPS) is 14.6. The molecule has 1 aromatic carbocycles. The van der Waals surface area contributed by atoms with Crippen LogP contribution in [0.5, 0.6) is 0 Å². The first-order valence-electron chi connectivity index (χ1n) is 8.05. The minimum absolute atomic E-state index is 0.0217. The summed E-state index contributed by atoms with van der Waals surface area (Å²) in [4.78, 5) is 27.7. The van der Waals surface area contributed by atoms with Gasteiger partial charge in [0.2, 0.25) is 0 Å². The van der Waals surface area contributed by atoms with Gasteiger partial charge in [-0.2, -0.15) is 5.26 Å². The molecule has 1 fully saturated rings. The molecule has 126 valence electrons. The molecule has 1 aromatic heterocycles. The van der Waals surface area contributed by atoms with Crippen LogP contribution in [0.3, 0.4) is 0 Å². The van der Waals surface area contributed by atoms with Gasteiger partial charge in [-0.15, -0.1) is 0 Å². The minimum Gasteiger partial charge on any atom is -0.472 e. The van der Waals surface area contributed by atoms with E-state index in [1.165, 1.54) is 0 Å². The molecule has 0 spiro atoms. The van der Waals surface area contributed by atoms with Gasteiger partial charge in [0.25, 0.3) is 5.56 Å². The van der Waals surface area contributed by atoms with Crippen molar-refractivity contribution in [3.8, 4) is 17.9 Å². The van der Waals surface area contributed by atoms with Crippen LogP contribution in [-0.2, 0) is 4.79 Å². The summed E-state index contributed by atoms with van der Waals surface area (Å²) < 4.78 is 0. The number of hydrogen-bond donors (Lipinski definition) is 2. The van der Waals surface area contributed by atoms with Crippen molar-refractivity contribution < 1.29 is 9.90 Å². The van der Waals surface area contributed by atoms with Crippen molar-refractivity contribution >= 4 is 22.6 Å². The largest absolute Gasteiger partial charge is 0.472 e. The molecule has 3 rings (SSSR count). The van der Waals surface area contributed by atoms with E-state index in [1.54, 1.807) is 0 Å². The quantitative estimate of drug-likeness (QED) is 0.777. The number of hydrogen-bond acceptors (Lipinski definition) is 4. The molecule has 0 aliphatic carbocycles. The van der Waals surface area contributed by atoms with E-state index in [2.05, 4.69) is 16.8 Å². The second-order valence-electron chi connectivity index (χ2n) is 6.17. The zero-order valence-electron chi connectivity index (χ0n) is 13.8. The van der Waals surface area contributed by atoms with E-state index < -0.39 is 5.97 Å². The maximum Gasteiger partial charge on any atom is 0.381 e. The smallest absolute Gasteiger partial charge is 0.381 e. The van der Waals surface area contributed by atoms with E-state index in [9.17, 15) is 14.9 Å². The lowest BCUT2D eigenvalue weighted by atomic mass is 9.95. The molecule has 1 aliphatic heterocycles. The zero-order chi connectivity index (χ0) is 18.0. The zero-order valence-corrected chi connectivity index (χ0v) is 13.8. The van der Waals surface area contributed by atoms with Gasteiger partial charge >= 0.3 is 5.97 Å². The molecule has 0 radical (unpaired) electrons. The highest BCUT2D eigenvalue weighted by molar-refractivity contribution is 5.94. The van der Waals surface area contributed by atoms with Gasteiger partial charge in [-0.3, -0.25) is 4.79 Å². The Morgan fingerprint density at radius 2 is 2.08 bits per heavy atom. The highest BCUT2D eigenvalue weighted by Gasteiger charge is 2.23. The summed E-state index contributed by atoms with van der Waals surface area (Å²) in [6, 6.07) is 7.80. The van der Waals surface area contributed by atoms with Gasteiger partial charge in [-0.05, 0) is 31.4 Å². The van der Waals surface area contributed by atoms with Crippen LogP contribution in [0.4, 0.5) is 5.69 Å². The van der Waals surface area contributed by atoms with E-state index in [4.69, 9.17) is 5.11 Å². The van der Waals surface area contributed by atoms with Gasteiger partial charge in [0, 0.05) is 30.3 Å². The molecule has 2 N–H and O–H groups in total. The number of carboxylic acid groups (broad SMARTS) is 1. The fraction of sp³-hybridized carbons (Fsp3) is 0.316. The molecular weight excluding hydrogens is 318 g/mol. The number of aryl methyl sites for hydroxylation is 1. The van der Waals surface area contributed by atoms with E-state index in [-0.39, 0.29) is 17.0 Å². The summed E-state index contributed by atoms with van der Waals surface area (Å²) in [5, 5.41) is 19.0. The Balaban J connectivity index is 1.99. The van der Waals surface area contributed by atoms with Crippen molar-refractivity contribution in [3.63, 3.8) is 0 Å². The number of anilines is 1. The summed E-state index contributed by atoms with van der Waals surface area (Å²) in [7, 11) is 0. The fourth-order valence-electron chi connectivity index (χ4n) is 3.24. The second kappa shape index (κ2) is 6.70. The lowest BCUT2D eigenvalue weighted by Crippen LogP contribution is -2.35. The topological polar surface area (TPSA) is 97.2 Å². The Kier molecular flexibility index (Phi) is 4.45. The molecule has 6 nitrogen and oxygen atoms in total. The Morgan fingerprint density at radius 1 is 1.36 bits per heavy atom. The highest BCUT2D eigenvalue weighted by atomic mass is 16.4. The standard InChI is InChI=1S/C19H17N3O3/c1-12-2-4-14-16(10-12)21-19(25)15(11-20)18(14)22-8-6-13(7-9-22)3-5-17(23)24/h2,4,10,13H,6-9H2,1H3,(H,21,25)(H,23,24). The Bertz CT molecular complexity index is 997. The van der Waals surface area contributed by atoms with Crippen LogP contribution in [0.25, 0.3) is 10.9 Å². The number of carboxylic acids is 1. The maximum atomic E-state index is 12.3. The van der Waals surface area contributed by atoms with E-state index >= 15 is 0 Å². The molecule has 6 heteroatoms. The first-order chi connectivity index (χ1) is 12.0. The number of H-pyrrole nitrogens is 1. The summed E-state index contributed by atoms with van der Waals surface area (Å²) >= 11 is 0. The van der Waals surface area contributed by atoms with Gasteiger partial charge in [0.05, 0.1) is 11.2 Å². The van der Waals surface area contributed by atoms with E-state index in [0.29, 0.717) is 37.1 Å². The summed E-state index contributed by atoms with van der Waals surface area (Å²) in [5.74, 6) is 3.85. The van der Waals surface area contributed by atoms with E-state index in [0.717, 1.165) is 10.9 Å². The SMILES string of the molecule is Cc1ccc2c(N3CCC(C#CC(=O)O)CC3)c(C#N)c(=O)[nH]c2c1. The number of aliphatic carboxylic acids is 1. The molecule has 25 heavy (non-hydrogen) atoms. The molecule has 1 saturated heterocycles. The van der Waals surface area contributed by atoms with Crippen LogP contribution < -0.4 is 10.5 Å². The average Bonchev–Trinajstić information content (AvgIpc) is 2.59. The van der Waals surface area contributed by atoms with Crippen LogP contribution in [0, 0.1) is 36.0 Å². The number of nitrogens with one attached hydrogen (secondary N) is 1. The van der Waals surface area contributed by atoms with Gasteiger partial charge in [0.1, 0.15) is 11.6 Å². The molecule has 2 aromatic rings. The molecule has 1 aliphatic rings. The number of pyridine rings is 1. The van der Waals surface area contributed by atoms with Crippen LogP contribution >= 0.6 is 0 Å². The molecular formula is C19H17N3O3. The van der Waals surface area contributed by atoms with Crippen molar-refractivity contribution in [2.45, 2.75) is 19.8 Å². The van der Waals surface area contributed by atoms with Gasteiger partial charge in [0.15, 0.2) is 0 Å². The molecule has 0 saturated carbocycles. The van der Waals surface area contributed by atoms with Crippen molar-refractivity contribution in [1.82, 2.24) is 4.98 Å². The number of aromatic amines is 1. The maximum absolute atomic E-state index is 12.3. The third-order valence-electron chi connectivity index (χ3n) is 4.45. The third kappa shape index (κ3) is 3.34. The fourth-order valence-corrected chi connectivity index (χ4v) is 3.24. The monoisotopic (exact) mass is 335 g/mol. The predicted molar refractivity (Wildman–Crippen MR) is 94.4 cm³/mol. The summed E-state index contributed by atoms with van der Waals surface area (Å²) in [5.41, 5.74) is 2.13. The van der Waals surface area contributed by atoms with Gasteiger partial charge in [-0.1, -0.05) is 18.1 Å². The summed E-state index contributed by atoms with van der Waals surface area (Å²) in [6.45, 7) is 3.20. The number of aromatic nitrogens is 1. The number of nitriles is 1. The Hall–Kier alpha value is -3.25. The van der Waals surface area contributed by atoms with Crippen LogP contribution in [0.15, 0.2) is 23.0 Å². The Morgan fingerprint density at radius 3 is 2.72 bits per heavy atom. The van der Waals surface area contributed by atoms with E-state index in [1.807, 2.05) is 36.1 Å². The minimum atomic E-state index is -1.12. The number of piperidine rings is 1. The number of rotatable bonds is 1. The lowest BCUT2D eigenvalue weighted by Gasteiger charge is -2.32. The van der Waals surface area contributed by atoms with Crippen LogP contribution in [0.2, 0.25) is 0 Å². The first-order valence-corrected chi connectivity index (χ1v) is 8.05. The number of benzene rings is 1. The summed E-state index contributed by atoms with van der Waals surface area (Å²) in [6.07, 6.45) is 1.40. The molecule has 0 atom stereocenters. The molecule has 0 unspecified atom stereocenters. The third-order valence-corrected chi connectivity index (χ3v) is 4.45. The van der Waals surface area contributed by atoms with Crippen molar-refractivity contribution in [2.75, 3.05) is 18.0 Å². The molecule has 2 heterocycles. The first kappa shape index (κ1) is 16.6.